The van der Waals surface area contributed by atoms with Crippen LogP contribution in [0.4, 0.5) is 5.69 Å². The lowest BCUT2D eigenvalue weighted by Crippen LogP contribution is -2.31. The monoisotopic (exact) mass is 289 g/mol. The molecule has 0 saturated carbocycles. The molecule has 7 heteroatoms. The fraction of sp³-hybridized carbons (Fsp3) is 0.214. The summed E-state index contributed by atoms with van der Waals surface area (Å²) in [7, 11) is 1.31. The molecule has 0 radical (unpaired) electrons. The Morgan fingerprint density at radius 3 is 2.76 bits per heavy atom. The first-order valence-electron chi connectivity index (χ1n) is 6.21. The first-order valence-corrected chi connectivity index (χ1v) is 6.21. The summed E-state index contributed by atoms with van der Waals surface area (Å²) < 4.78 is 4.85. The number of carboxylic acids is 1. The minimum absolute atomic E-state index is 0.000120. The van der Waals surface area contributed by atoms with Crippen LogP contribution in [0.3, 0.4) is 0 Å². The number of fused-ring (bicyclic) bond motifs is 1. The summed E-state index contributed by atoms with van der Waals surface area (Å²) in [4.78, 5) is 26.6. The van der Waals surface area contributed by atoms with Crippen molar-refractivity contribution in [3.8, 4) is 0 Å². The van der Waals surface area contributed by atoms with Gasteiger partial charge in [0.1, 0.15) is 0 Å². The van der Waals surface area contributed by atoms with Crippen LogP contribution in [0.15, 0.2) is 30.5 Å². The smallest absolute Gasteiger partial charge is 0.334 e. The standard InChI is InChI=1S/C14H15N3O4/c1-21-11(14(19)20)7-17-12-8-4-2-3-5-10(8)16-6-9(12)13(15)18/h2-6,11H,7H2,1H3,(H2,15,18)(H,16,17)(H,19,20). The van der Waals surface area contributed by atoms with E-state index >= 15 is 0 Å². The average molecular weight is 289 g/mol. The number of anilines is 1. The normalized spacial score (nSPS) is 12.0. The van der Waals surface area contributed by atoms with Crippen LogP contribution in [0.2, 0.25) is 0 Å². The minimum atomic E-state index is -1.09. The number of pyridine rings is 1. The quantitative estimate of drug-likeness (QED) is 0.726. The number of carboxylic acid groups (broad SMARTS) is 1. The second kappa shape index (κ2) is 6.19. The number of nitrogens with one attached hydrogen (secondary N) is 1. The SMILES string of the molecule is COC(CNc1c(C(N)=O)cnc2ccccc12)C(=O)O. The Balaban J connectivity index is 2.42. The third-order valence-electron chi connectivity index (χ3n) is 3.07. The van der Waals surface area contributed by atoms with Gasteiger partial charge in [0, 0.05) is 18.7 Å². The Morgan fingerprint density at radius 2 is 2.14 bits per heavy atom. The molecule has 4 N–H and O–H groups in total. The molecule has 2 aromatic rings. The Labute approximate surface area is 120 Å². The predicted octanol–water partition coefficient (Wildman–Crippen LogP) is 0.845. The van der Waals surface area contributed by atoms with E-state index in [-0.39, 0.29) is 12.1 Å². The Hall–Kier alpha value is -2.67. The molecular formula is C14H15N3O4. The van der Waals surface area contributed by atoms with Gasteiger partial charge in [-0.15, -0.1) is 0 Å². The van der Waals surface area contributed by atoms with Crippen LogP contribution in [0, 0.1) is 0 Å². The highest BCUT2D eigenvalue weighted by Gasteiger charge is 2.19. The molecule has 1 aromatic carbocycles. The topological polar surface area (TPSA) is 115 Å². The predicted molar refractivity (Wildman–Crippen MR) is 77.2 cm³/mol. The van der Waals surface area contributed by atoms with Crippen molar-refractivity contribution in [1.29, 1.82) is 0 Å². The van der Waals surface area contributed by atoms with Gasteiger partial charge in [-0.3, -0.25) is 9.78 Å². The van der Waals surface area contributed by atoms with Gasteiger partial charge in [-0.25, -0.2) is 4.79 Å². The third-order valence-corrected chi connectivity index (χ3v) is 3.07. The zero-order chi connectivity index (χ0) is 15.4. The molecular weight excluding hydrogens is 274 g/mol. The van der Waals surface area contributed by atoms with Crippen molar-refractivity contribution in [1.82, 2.24) is 4.98 Å². The van der Waals surface area contributed by atoms with Gasteiger partial charge in [-0.05, 0) is 6.07 Å². The summed E-state index contributed by atoms with van der Waals surface area (Å²) in [5.41, 5.74) is 6.67. The maximum absolute atomic E-state index is 11.5. The van der Waals surface area contributed by atoms with Crippen LogP contribution < -0.4 is 11.1 Å². The molecule has 0 bridgehead atoms. The number of nitrogens with zero attached hydrogens (tertiary/aromatic N) is 1. The second-order valence-electron chi connectivity index (χ2n) is 4.37. The lowest BCUT2D eigenvalue weighted by Gasteiger charge is -2.16. The fourth-order valence-electron chi connectivity index (χ4n) is 1.98. The summed E-state index contributed by atoms with van der Waals surface area (Å²) >= 11 is 0. The minimum Gasteiger partial charge on any atom is -0.479 e. The molecule has 0 fully saturated rings. The lowest BCUT2D eigenvalue weighted by atomic mass is 10.1. The molecule has 0 aliphatic heterocycles. The van der Waals surface area contributed by atoms with Gasteiger partial charge >= 0.3 is 5.97 Å². The summed E-state index contributed by atoms with van der Waals surface area (Å²) in [6, 6.07) is 7.18. The molecule has 1 amide bonds. The van der Waals surface area contributed by atoms with Gasteiger partial charge in [0.05, 0.1) is 23.3 Å². The fourth-order valence-corrected chi connectivity index (χ4v) is 1.98. The molecule has 1 heterocycles. The van der Waals surface area contributed by atoms with Crippen LogP contribution in [0.5, 0.6) is 0 Å². The Bertz CT molecular complexity index is 687. The van der Waals surface area contributed by atoms with E-state index in [0.717, 1.165) is 0 Å². The number of methoxy groups -OCH3 is 1. The van der Waals surface area contributed by atoms with E-state index in [1.807, 2.05) is 6.07 Å². The highest BCUT2D eigenvalue weighted by atomic mass is 16.5. The molecule has 0 aliphatic rings. The number of hydrogen-bond acceptors (Lipinski definition) is 5. The number of amides is 1. The van der Waals surface area contributed by atoms with Gasteiger partial charge in [0.15, 0.2) is 6.10 Å². The number of nitrogens with two attached hydrogens (primary N) is 1. The molecule has 0 spiro atoms. The van der Waals surface area contributed by atoms with Crippen molar-refractivity contribution in [2.24, 2.45) is 5.73 Å². The van der Waals surface area contributed by atoms with Crippen molar-refractivity contribution >= 4 is 28.5 Å². The van der Waals surface area contributed by atoms with Crippen molar-refractivity contribution < 1.29 is 19.4 Å². The van der Waals surface area contributed by atoms with E-state index in [1.54, 1.807) is 18.2 Å². The first-order chi connectivity index (χ1) is 10.0. The van der Waals surface area contributed by atoms with E-state index in [9.17, 15) is 9.59 Å². The zero-order valence-electron chi connectivity index (χ0n) is 11.4. The molecule has 1 aromatic heterocycles. The summed E-state index contributed by atoms with van der Waals surface area (Å²) in [5, 5.41) is 12.6. The van der Waals surface area contributed by atoms with E-state index in [4.69, 9.17) is 15.6 Å². The van der Waals surface area contributed by atoms with Crippen LogP contribution in [-0.4, -0.2) is 41.7 Å². The first kappa shape index (κ1) is 14.7. The Morgan fingerprint density at radius 1 is 1.43 bits per heavy atom. The van der Waals surface area contributed by atoms with Crippen molar-refractivity contribution in [2.75, 3.05) is 19.0 Å². The largest absolute Gasteiger partial charge is 0.479 e. The number of para-hydroxylation sites is 1. The van der Waals surface area contributed by atoms with Crippen LogP contribution in [0.1, 0.15) is 10.4 Å². The molecule has 1 unspecified atom stereocenters. The summed E-state index contributed by atoms with van der Waals surface area (Å²) in [6.07, 6.45) is 0.341. The molecule has 7 nitrogen and oxygen atoms in total. The number of ether oxygens (including phenoxy) is 1. The number of primary amides is 1. The van der Waals surface area contributed by atoms with Gasteiger partial charge in [-0.2, -0.15) is 0 Å². The van der Waals surface area contributed by atoms with Gasteiger partial charge < -0.3 is 20.9 Å². The molecule has 0 aliphatic carbocycles. The van der Waals surface area contributed by atoms with Crippen LogP contribution >= 0.6 is 0 Å². The van der Waals surface area contributed by atoms with E-state index < -0.39 is 18.0 Å². The molecule has 21 heavy (non-hydrogen) atoms. The van der Waals surface area contributed by atoms with Crippen molar-refractivity contribution in [3.05, 3.63) is 36.0 Å². The number of hydrogen-bond donors (Lipinski definition) is 3. The molecule has 1 atom stereocenters. The Kier molecular flexibility index (Phi) is 4.34. The van der Waals surface area contributed by atoms with Gasteiger partial charge in [0.2, 0.25) is 0 Å². The highest BCUT2D eigenvalue weighted by molar-refractivity contribution is 6.06. The molecule has 0 saturated heterocycles. The second-order valence-corrected chi connectivity index (χ2v) is 4.37. The van der Waals surface area contributed by atoms with E-state index in [2.05, 4.69) is 10.3 Å². The van der Waals surface area contributed by atoms with Crippen LogP contribution in [-0.2, 0) is 9.53 Å². The number of rotatable bonds is 6. The lowest BCUT2D eigenvalue weighted by molar-refractivity contribution is -0.147. The highest BCUT2D eigenvalue weighted by Crippen LogP contribution is 2.25. The van der Waals surface area contributed by atoms with Crippen LogP contribution in [0.25, 0.3) is 10.9 Å². The molecule has 2 rings (SSSR count). The number of carbonyl (C=O) groups excluding carboxylic acids is 1. The van der Waals surface area contributed by atoms with E-state index in [1.165, 1.54) is 13.3 Å². The van der Waals surface area contributed by atoms with E-state index in [0.29, 0.717) is 16.6 Å². The van der Waals surface area contributed by atoms with Gasteiger partial charge in [0.25, 0.3) is 5.91 Å². The maximum atomic E-state index is 11.5. The number of benzene rings is 1. The number of aliphatic carboxylic acids is 1. The zero-order valence-corrected chi connectivity index (χ0v) is 11.4. The van der Waals surface area contributed by atoms with Gasteiger partial charge in [-0.1, -0.05) is 18.2 Å². The van der Waals surface area contributed by atoms with Crippen molar-refractivity contribution in [2.45, 2.75) is 6.10 Å². The third kappa shape index (κ3) is 3.09. The number of aromatic nitrogens is 1. The summed E-state index contributed by atoms with van der Waals surface area (Å²) in [6.45, 7) is 0.000120. The number of carbonyl (C=O) groups is 2. The summed E-state index contributed by atoms with van der Waals surface area (Å²) in [5.74, 6) is -1.73. The average Bonchev–Trinajstić information content (AvgIpc) is 2.47. The maximum Gasteiger partial charge on any atom is 0.334 e. The van der Waals surface area contributed by atoms with Crippen molar-refractivity contribution in [3.63, 3.8) is 0 Å². The molecule has 110 valence electrons.